The van der Waals surface area contributed by atoms with Gasteiger partial charge in [-0.2, -0.15) is 0 Å². The second-order valence-electron chi connectivity index (χ2n) is 8.18. The molecule has 1 heterocycles. The Kier molecular flexibility index (Phi) is 6.71. The van der Waals surface area contributed by atoms with Gasteiger partial charge in [0.2, 0.25) is 5.91 Å². The van der Waals surface area contributed by atoms with Crippen molar-refractivity contribution in [3.63, 3.8) is 0 Å². The second kappa shape index (κ2) is 7.62. The highest BCUT2D eigenvalue weighted by atomic mass is 16.2. The zero-order chi connectivity index (χ0) is 16.3. The molecule has 21 heavy (non-hydrogen) atoms. The largest absolute Gasteiger partial charge is 0.325 e. The van der Waals surface area contributed by atoms with Gasteiger partial charge in [0, 0.05) is 6.54 Å². The Morgan fingerprint density at radius 2 is 1.52 bits per heavy atom. The van der Waals surface area contributed by atoms with Gasteiger partial charge in [-0.05, 0) is 36.0 Å². The van der Waals surface area contributed by atoms with E-state index in [9.17, 15) is 4.79 Å². The van der Waals surface area contributed by atoms with Gasteiger partial charge in [0.1, 0.15) is 0 Å². The van der Waals surface area contributed by atoms with Crippen molar-refractivity contribution in [3.8, 4) is 0 Å². The molecule has 0 spiro atoms. The number of nitrogens with one attached hydrogen (secondary N) is 1. The van der Waals surface area contributed by atoms with Gasteiger partial charge in [-0.1, -0.05) is 55.4 Å². The molecule has 1 N–H and O–H groups in total. The fourth-order valence-corrected chi connectivity index (χ4v) is 3.46. The summed E-state index contributed by atoms with van der Waals surface area (Å²) in [5, 5.41) is 3.58. The van der Waals surface area contributed by atoms with Crippen molar-refractivity contribution >= 4 is 5.91 Å². The van der Waals surface area contributed by atoms with E-state index in [1.807, 2.05) is 0 Å². The monoisotopic (exact) mass is 296 g/mol. The Morgan fingerprint density at radius 3 is 1.90 bits per heavy atom. The summed E-state index contributed by atoms with van der Waals surface area (Å²) < 4.78 is 0. The maximum atomic E-state index is 12.8. The van der Waals surface area contributed by atoms with E-state index in [2.05, 4.69) is 65.6 Å². The van der Waals surface area contributed by atoms with E-state index in [1.165, 1.54) is 0 Å². The van der Waals surface area contributed by atoms with Gasteiger partial charge in [0.15, 0.2) is 0 Å². The molecule has 1 aliphatic heterocycles. The highest BCUT2D eigenvalue weighted by Gasteiger charge is 2.41. The van der Waals surface area contributed by atoms with E-state index >= 15 is 0 Å². The predicted octanol–water partition coefficient (Wildman–Crippen LogP) is 3.74. The van der Waals surface area contributed by atoms with Crippen LogP contribution in [0.25, 0.3) is 0 Å². The van der Waals surface area contributed by atoms with Crippen molar-refractivity contribution in [3.05, 3.63) is 0 Å². The molecule has 3 heteroatoms. The lowest BCUT2D eigenvalue weighted by atomic mass is 9.85. The van der Waals surface area contributed by atoms with Crippen LogP contribution in [0, 0.1) is 29.6 Å². The fraction of sp³-hybridized carbons (Fsp3) is 0.944. The standard InChI is InChI=1S/C18H36N2O/c1-11(2)9-16-19-17(14(7)8)18(21)20(16)10-15(12(3)4)13(5)6/h11-17,19H,9-10H2,1-8H3. The molecular weight excluding hydrogens is 260 g/mol. The Hall–Kier alpha value is -0.570. The van der Waals surface area contributed by atoms with Crippen molar-refractivity contribution in [2.75, 3.05) is 6.54 Å². The van der Waals surface area contributed by atoms with Gasteiger partial charge < -0.3 is 4.90 Å². The summed E-state index contributed by atoms with van der Waals surface area (Å²) in [4.78, 5) is 14.9. The molecular formula is C18H36N2O. The molecule has 0 aromatic heterocycles. The van der Waals surface area contributed by atoms with Crippen LogP contribution >= 0.6 is 0 Å². The van der Waals surface area contributed by atoms with Crippen LogP contribution in [0.15, 0.2) is 0 Å². The number of hydrogen-bond donors (Lipinski definition) is 1. The topological polar surface area (TPSA) is 32.3 Å². The summed E-state index contributed by atoms with van der Waals surface area (Å²) in [5.41, 5.74) is 0. The summed E-state index contributed by atoms with van der Waals surface area (Å²) in [7, 11) is 0. The molecule has 124 valence electrons. The molecule has 0 aromatic carbocycles. The first kappa shape index (κ1) is 18.5. The van der Waals surface area contributed by atoms with E-state index < -0.39 is 0 Å². The van der Waals surface area contributed by atoms with Gasteiger partial charge in [-0.15, -0.1) is 0 Å². The van der Waals surface area contributed by atoms with Crippen molar-refractivity contribution in [2.24, 2.45) is 29.6 Å². The Morgan fingerprint density at radius 1 is 1.00 bits per heavy atom. The summed E-state index contributed by atoms with van der Waals surface area (Å²) in [6, 6.07) is -0.00581. The number of carbonyl (C=O) groups is 1. The van der Waals surface area contributed by atoms with Crippen LogP contribution in [0.2, 0.25) is 0 Å². The van der Waals surface area contributed by atoms with Gasteiger partial charge in [0.25, 0.3) is 0 Å². The van der Waals surface area contributed by atoms with E-state index in [-0.39, 0.29) is 12.2 Å². The molecule has 1 saturated heterocycles. The van der Waals surface area contributed by atoms with E-state index in [1.54, 1.807) is 0 Å². The first-order valence-corrected chi connectivity index (χ1v) is 8.71. The lowest BCUT2D eigenvalue weighted by molar-refractivity contribution is -0.132. The zero-order valence-electron chi connectivity index (χ0n) is 15.3. The van der Waals surface area contributed by atoms with Crippen LogP contribution < -0.4 is 5.32 Å². The number of hydrogen-bond acceptors (Lipinski definition) is 2. The summed E-state index contributed by atoms with van der Waals surface area (Å²) in [6.45, 7) is 18.7. The van der Waals surface area contributed by atoms with E-state index in [4.69, 9.17) is 0 Å². The van der Waals surface area contributed by atoms with Crippen LogP contribution in [0.1, 0.15) is 61.8 Å². The minimum atomic E-state index is -0.00581. The van der Waals surface area contributed by atoms with Gasteiger partial charge >= 0.3 is 0 Å². The third-order valence-corrected chi connectivity index (χ3v) is 4.78. The number of carbonyl (C=O) groups excluding carboxylic acids is 1. The number of amides is 1. The smallest absolute Gasteiger partial charge is 0.241 e. The highest BCUT2D eigenvalue weighted by Crippen LogP contribution is 2.27. The summed E-state index contributed by atoms with van der Waals surface area (Å²) in [5.74, 6) is 3.04. The van der Waals surface area contributed by atoms with Crippen LogP contribution in [-0.4, -0.2) is 29.6 Å². The average Bonchev–Trinajstić information content (AvgIpc) is 2.61. The van der Waals surface area contributed by atoms with Crippen LogP contribution in [0.3, 0.4) is 0 Å². The molecule has 1 fully saturated rings. The Bertz CT molecular complexity index is 328. The first-order valence-electron chi connectivity index (χ1n) is 8.71. The lowest BCUT2D eigenvalue weighted by Crippen LogP contribution is -2.43. The molecule has 0 saturated carbocycles. The third kappa shape index (κ3) is 4.70. The molecule has 1 amide bonds. The molecule has 2 unspecified atom stereocenters. The van der Waals surface area contributed by atoms with Gasteiger partial charge in [0.05, 0.1) is 12.2 Å². The minimum absolute atomic E-state index is 0.00581. The maximum absolute atomic E-state index is 12.8. The quantitative estimate of drug-likeness (QED) is 0.776. The molecule has 0 bridgehead atoms. The molecule has 2 atom stereocenters. The number of rotatable bonds is 7. The molecule has 0 aliphatic carbocycles. The van der Waals surface area contributed by atoms with Crippen LogP contribution in [0.4, 0.5) is 0 Å². The van der Waals surface area contributed by atoms with Crippen LogP contribution in [-0.2, 0) is 4.79 Å². The SMILES string of the molecule is CC(C)CC1NC(C(C)C)C(=O)N1CC(C(C)C)C(C)C. The van der Waals surface area contributed by atoms with Gasteiger partial charge in [-0.25, -0.2) is 0 Å². The normalized spacial score (nSPS) is 23.7. The highest BCUT2D eigenvalue weighted by molar-refractivity contribution is 5.84. The molecule has 0 radical (unpaired) electrons. The van der Waals surface area contributed by atoms with Crippen molar-refractivity contribution in [1.82, 2.24) is 10.2 Å². The summed E-state index contributed by atoms with van der Waals surface area (Å²) >= 11 is 0. The first-order chi connectivity index (χ1) is 9.65. The van der Waals surface area contributed by atoms with Crippen molar-refractivity contribution in [1.29, 1.82) is 0 Å². The minimum Gasteiger partial charge on any atom is -0.325 e. The molecule has 3 nitrogen and oxygen atoms in total. The second-order valence-corrected chi connectivity index (χ2v) is 8.18. The molecule has 1 aliphatic rings. The van der Waals surface area contributed by atoms with Crippen molar-refractivity contribution < 1.29 is 4.79 Å². The maximum Gasteiger partial charge on any atom is 0.241 e. The zero-order valence-corrected chi connectivity index (χ0v) is 15.3. The molecule has 0 aromatic rings. The molecule has 1 rings (SSSR count). The summed E-state index contributed by atoms with van der Waals surface area (Å²) in [6.07, 6.45) is 1.25. The lowest BCUT2D eigenvalue weighted by Gasteiger charge is -2.33. The van der Waals surface area contributed by atoms with Crippen molar-refractivity contribution in [2.45, 2.75) is 74.0 Å². The van der Waals surface area contributed by atoms with E-state index in [0.717, 1.165) is 13.0 Å². The fourth-order valence-electron chi connectivity index (χ4n) is 3.46. The third-order valence-electron chi connectivity index (χ3n) is 4.78. The van der Waals surface area contributed by atoms with Gasteiger partial charge in [-0.3, -0.25) is 10.1 Å². The average molecular weight is 296 g/mol. The number of nitrogens with zero attached hydrogens (tertiary/aromatic N) is 1. The Labute approximate surface area is 131 Å². The van der Waals surface area contributed by atoms with Crippen LogP contribution in [0.5, 0.6) is 0 Å². The van der Waals surface area contributed by atoms with E-state index in [0.29, 0.717) is 35.5 Å². The predicted molar refractivity (Wildman–Crippen MR) is 89.9 cm³/mol. The Balaban J connectivity index is 2.89.